The third-order valence-electron chi connectivity index (χ3n) is 6.99. The Labute approximate surface area is 254 Å². The molecule has 0 amide bonds. The van der Waals surface area contributed by atoms with E-state index in [1.165, 1.54) is 0 Å². The highest BCUT2D eigenvalue weighted by molar-refractivity contribution is 6.35. The Hall–Kier alpha value is -4.44. The fourth-order valence-corrected chi connectivity index (χ4v) is 5.16. The van der Waals surface area contributed by atoms with E-state index in [2.05, 4.69) is 26.8 Å². The highest BCUT2D eigenvalue weighted by Gasteiger charge is 2.31. The van der Waals surface area contributed by atoms with E-state index in [-0.39, 0.29) is 23.5 Å². The van der Waals surface area contributed by atoms with Crippen molar-refractivity contribution in [3.63, 3.8) is 0 Å². The van der Waals surface area contributed by atoms with Crippen molar-refractivity contribution in [1.29, 1.82) is 5.26 Å². The summed E-state index contributed by atoms with van der Waals surface area (Å²) in [6, 6.07) is 27.2. The van der Waals surface area contributed by atoms with Crippen LogP contribution in [0.1, 0.15) is 59.3 Å². The largest absolute Gasteiger partial charge is 0.489 e. The van der Waals surface area contributed by atoms with E-state index in [1.807, 2.05) is 42.5 Å². The van der Waals surface area contributed by atoms with E-state index in [0.29, 0.717) is 38.4 Å². The maximum Gasteiger partial charge on any atom is 0.343 e. The second kappa shape index (κ2) is 11.8. The zero-order chi connectivity index (χ0) is 30.0. The predicted octanol–water partition coefficient (Wildman–Crippen LogP) is 8.31. The van der Waals surface area contributed by atoms with Crippen LogP contribution in [0.3, 0.4) is 0 Å². The number of halogens is 2. The minimum atomic E-state index is -0.517. The van der Waals surface area contributed by atoms with Crippen LogP contribution in [-0.4, -0.2) is 5.97 Å². The number of hydrogen-bond donors (Lipinski definition) is 1. The fraction of sp³-hybridized carbons (Fsp3) is 0.176. The lowest BCUT2D eigenvalue weighted by atomic mass is 9.83. The minimum absolute atomic E-state index is 0.0180. The Morgan fingerprint density at radius 3 is 2.43 bits per heavy atom. The summed E-state index contributed by atoms with van der Waals surface area (Å²) in [5.41, 5.74) is 10.3. The molecule has 0 spiro atoms. The summed E-state index contributed by atoms with van der Waals surface area (Å²) in [5, 5.41) is 11.0. The average molecular weight is 600 g/mol. The molecule has 42 heavy (non-hydrogen) atoms. The molecule has 0 saturated carbocycles. The number of esters is 1. The first kappa shape index (κ1) is 29.1. The predicted molar refractivity (Wildman–Crippen MR) is 163 cm³/mol. The van der Waals surface area contributed by atoms with Gasteiger partial charge < -0.3 is 19.9 Å². The number of rotatable bonds is 6. The molecule has 2 N–H and O–H groups in total. The van der Waals surface area contributed by atoms with E-state index in [0.717, 1.165) is 16.7 Å². The molecule has 1 aliphatic heterocycles. The van der Waals surface area contributed by atoms with E-state index < -0.39 is 11.9 Å². The van der Waals surface area contributed by atoms with Crippen molar-refractivity contribution in [3.8, 4) is 23.3 Å². The highest BCUT2D eigenvalue weighted by Crippen LogP contribution is 2.44. The van der Waals surface area contributed by atoms with E-state index in [4.69, 9.17) is 43.1 Å². The van der Waals surface area contributed by atoms with Crippen LogP contribution < -0.4 is 19.9 Å². The molecule has 0 aromatic heterocycles. The molecule has 1 atom stereocenters. The smallest absolute Gasteiger partial charge is 0.343 e. The number of carbonyl (C=O) groups excluding carboxylic acids is 1. The van der Waals surface area contributed by atoms with Crippen molar-refractivity contribution < 1.29 is 19.0 Å². The number of nitrogens with zero attached hydrogens (tertiary/aromatic N) is 1. The number of nitriles is 1. The number of benzene rings is 4. The first-order valence-electron chi connectivity index (χ1n) is 13.2. The van der Waals surface area contributed by atoms with Crippen molar-refractivity contribution in [2.24, 2.45) is 5.73 Å². The molecule has 8 heteroatoms. The van der Waals surface area contributed by atoms with Gasteiger partial charge in [-0.2, -0.15) is 5.26 Å². The zero-order valence-corrected chi connectivity index (χ0v) is 24.8. The Kier molecular flexibility index (Phi) is 8.17. The molecule has 1 heterocycles. The fourth-order valence-electron chi connectivity index (χ4n) is 4.70. The van der Waals surface area contributed by atoms with Gasteiger partial charge in [0.25, 0.3) is 0 Å². The average Bonchev–Trinajstić information content (AvgIpc) is 2.95. The number of nitrogens with two attached hydrogens (primary N) is 1. The molecule has 212 valence electrons. The summed E-state index contributed by atoms with van der Waals surface area (Å²) in [4.78, 5) is 12.9. The van der Waals surface area contributed by atoms with Gasteiger partial charge in [-0.3, -0.25) is 0 Å². The summed E-state index contributed by atoms with van der Waals surface area (Å²) in [7, 11) is 0. The Morgan fingerprint density at radius 1 is 0.976 bits per heavy atom. The number of carbonyl (C=O) groups is 1. The maximum atomic E-state index is 12.9. The molecule has 1 aliphatic rings. The van der Waals surface area contributed by atoms with Gasteiger partial charge in [0.15, 0.2) is 0 Å². The summed E-state index contributed by atoms with van der Waals surface area (Å²) in [6.07, 6.45) is 0. The van der Waals surface area contributed by atoms with Crippen LogP contribution in [0.2, 0.25) is 10.0 Å². The van der Waals surface area contributed by atoms with Gasteiger partial charge in [0, 0.05) is 27.2 Å². The van der Waals surface area contributed by atoms with Gasteiger partial charge in [0.1, 0.15) is 35.5 Å². The molecule has 4 aromatic rings. The van der Waals surface area contributed by atoms with Gasteiger partial charge in [-0.25, -0.2) is 4.79 Å². The molecular formula is C34H28Cl2N2O4. The van der Waals surface area contributed by atoms with Crippen LogP contribution in [0.15, 0.2) is 96.4 Å². The summed E-state index contributed by atoms with van der Waals surface area (Å²) in [6.45, 7) is 6.57. The van der Waals surface area contributed by atoms with E-state index in [9.17, 15) is 10.1 Å². The van der Waals surface area contributed by atoms with E-state index >= 15 is 0 Å². The van der Waals surface area contributed by atoms with Gasteiger partial charge in [0.05, 0.1) is 11.5 Å². The normalized spacial score (nSPS) is 14.4. The van der Waals surface area contributed by atoms with Crippen LogP contribution in [0, 0.1) is 11.3 Å². The second-order valence-corrected chi connectivity index (χ2v) is 11.8. The monoisotopic (exact) mass is 598 g/mol. The number of fused-ring (bicyclic) bond motifs is 1. The third-order valence-corrected chi connectivity index (χ3v) is 7.58. The summed E-state index contributed by atoms with van der Waals surface area (Å²) < 4.78 is 17.5. The second-order valence-electron chi connectivity index (χ2n) is 10.9. The molecule has 0 aliphatic carbocycles. The number of hydrogen-bond acceptors (Lipinski definition) is 6. The minimum Gasteiger partial charge on any atom is -0.489 e. The highest BCUT2D eigenvalue weighted by atomic mass is 35.5. The lowest BCUT2D eigenvalue weighted by molar-refractivity contribution is 0.0734. The molecule has 6 nitrogen and oxygen atoms in total. The molecule has 0 saturated heterocycles. The maximum absolute atomic E-state index is 12.9. The topological polar surface area (TPSA) is 94.6 Å². The Morgan fingerprint density at radius 2 is 1.74 bits per heavy atom. The van der Waals surface area contributed by atoms with Crippen molar-refractivity contribution in [2.75, 3.05) is 0 Å². The molecule has 0 bridgehead atoms. The van der Waals surface area contributed by atoms with Crippen molar-refractivity contribution in [2.45, 2.75) is 38.7 Å². The first-order valence-corrected chi connectivity index (χ1v) is 14.0. The molecule has 4 aromatic carbocycles. The van der Waals surface area contributed by atoms with Crippen molar-refractivity contribution in [3.05, 3.63) is 134 Å². The quantitative estimate of drug-likeness (QED) is 0.177. The van der Waals surface area contributed by atoms with Crippen LogP contribution in [0.25, 0.3) is 0 Å². The number of ether oxygens (including phenoxy) is 3. The third kappa shape index (κ3) is 6.23. The zero-order valence-electron chi connectivity index (χ0n) is 23.3. The number of allylic oxidation sites excluding steroid dienone is 1. The van der Waals surface area contributed by atoms with Gasteiger partial charge >= 0.3 is 5.97 Å². The molecule has 5 rings (SSSR count). The molecule has 0 radical (unpaired) electrons. The first-order chi connectivity index (χ1) is 20.0. The Balaban J connectivity index is 1.39. The van der Waals surface area contributed by atoms with Gasteiger partial charge in [0.2, 0.25) is 5.88 Å². The van der Waals surface area contributed by atoms with Crippen LogP contribution in [0.4, 0.5) is 0 Å². The van der Waals surface area contributed by atoms with Crippen molar-refractivity contribution >= 4 is 29.2 Å². The van der Waals surface area contributed by atoms with Gasteiger partial charge in [-0.15, -0.1) is 0 Å². The van der Waals surface area contributed by atoms with Crippen LogP contribution in [-0.2, 0) is 12.0 Å². The van der Waals surface area contributed by atoms with Crippen LogP contribution in [0.5, 0.6) is 17.2 Å². The molecule has 1 unspecified atom stereocenters. The van der Waals surface area contributed by atoms with Gasteiger partial charge in [-0.05, 0) is 59.0 Å². The SMILES string of the molecule is CC(C)(C)c1ccc(C(=O)Oc2ccc3c(c2)OC(N)=C(C#N)C3c2cccc(OCc3ccc(Cl)cc3Cl)c2)cc1. The lowest BCUT2D eigenvalue weighted by Gasteiger charge is -2.27. The van der Waals surface area contributed by atoms with Crippen molar-refractivity contribution in [1.82, 2.24) is 0 Å². The summed E-state index contributed by atoms with van der Waals surface area (Å²) in [5.74, 6) is 0.249. The molecular weight excluding hydrogens is 571 g/mol. The van der Waals surface area contributed by atoms with Gasteiger partial charge in [-0.1, -0.05) is 80.4 Å². The van der Waals surface area contributed by atoms with Crippen LogP contribution >= 0.6 is 23.2 Å². The Bertz CT molecular complexity index is 1730. The lowest BCUT2D eigenvalue weighted by Crippen LogP contribution is -2.21. The molecule has 0 fully saturated rings. The van der Waals surface area contributed by atoms with E-state index in [1.54, 1.807) is 42.5 Å². The summed E-state index contributed by atoms with van der Waals surface area (Å²) >= 11 is 12.3. The standard InChI is InChI=1S/C34H28Cl2N2O4/c1-34(2,3)23-10-7-20(8-11-23)33(39)41-26-13-14-27-30(17-26)42-32(38)28(18-37)31(27)21-5-4-6-25(15-21)40-19-22-9-12-24(35)16-29(22)36/h4-17,31H,19,38H2,1-3H3.